The van der Waals surface area contributed by atoms with E-state index in [1.54, 1.807) is 19.2 Å². The number of anilines is 1. The summed E-state index contributed by atoms with van der Waals surface area (Å²) in [6, 6.07) is 16.7. The molecule has 124 valence electrons. The van der Waals surface area contributed by atoms with Crippen molar-refractivity contribution in [3.8, 4) is 23.1 Å². The van der Waals surface area contributed by atoms with E-state index in [-0.39, 0.29) is 5.71 Å². The van der Waals surface area contributed by atoms with Gasteiger partial charge in [-0.15, -0.1) is 11.3 Å². The first-order valence-corrected chi connectivity index (χ1v) is 8.55. The van der Waals surface area contributed by atoms with Gasteiger partial charge in [0, 0.05) is 16.0 Å². The molecule has 0 fully saturated rings. The Morgan fingerprint density at radius 2 is 1.92 bits per heavy atom. The lowest BCUT2D eigenvalue weighted by atomic mass is 10.2. The Bertz CT molecular complexity index is 927. The molecule has 1 N–H and O–H groups in total. The van der Waals surface area contributed by atoms with Crippen molar-refractivity contribution in [3.05, 3.63) is 63.9 Å². The van der Waals surface area contributed by atoms with Crippen LogP contribution < -0.4 is 10.2 Å². The van der Waals surface area contributed by atoms with E-state index in [4.69, 9.17) is 16.3 Å². The van der Waals surface area contributed by atoms with Gasteiger partial charge in [0.25, 0.3) is 0 Å². The van der Waals surface area contributed by atoms with E-state index in [2.05, 4.69) is 21.6 Å². The van der Waals surface area contributed by atoms with Gasteiger partial charge in [-0.3, -0.25) is 5.43 Å². The lowest BCUT2D eigenvalue weighted by Gasteiger charge is -2.02. The molecule has 0 saturated heterocycles. The van der Waals surface area contributed by atoms with Crippen LogP contribution in [0.25, 0.3) is 11.3 Å². The summed E-state index contributed by atoms with van der Waals surface area (Å²) in [6.07, 6.45) is 0. The van der Waals surface area contributed by atoms with Crippen molar-refractivity contribution in [2.45, 2.75) is 0 Å². The molecule has 2 aromatic carbocycles. The summed E-state index contributed by atoms with van der Waals surface area (Å²) in [7, 11) is 1.61. The number of nitrogens with zero attached hydrogens (tertiary/aromatic N) is 3. The van der Waals surface area contributed by atoms with Crippen LogP contribution in [0.1, 0.15) is 5.01 Å². The third kappa shape index (κ3) is 4.15. The third-order valence-corrected chi connectivity index (χ3v) is 4.44. The van der Waals surface area contributed by atoms with Gasteiger partial charge in [0.1, 0.15) is 11.8 Å². The quantitative estimate of drug-likeness (QED) is 0.518. The lowest BCUT2D eigenvalue weighted by Crippen LogP contribution is -2.01. The monoisotopic (exact) mass is 368 g/mol. The minimum atomic E-state index is 0.223. The second-order valence-corrected chi connectivity index (χ2v) is 6.25. The molecule has 0 unspecified atom stereocenters. The van der Waals surface area contributed by atoms with Crippen molar-refractivity contribution in [3.63, 3.8) is 0 Å². The van der Waals surface area contributed by atoms with Crippen LogP contribution in [-0.2, 0) is 0 Å². The second kappa shape index (κ2) is 7.79. The predicted molar refractivity (Wildman–Crippen MR) is 101 cm³/mol. The molecular formula is C18H13ClN4OS. The molecule has 1 aromatic heterocycles. The molecule has 0 amide bonds. The molecule has 0 aliphatic carbocycles. The van der Waals surface area contributed by atoms with Crippen LogP contribution >= 0.6 is 22.9 Å². The van der Waals surface area contributed by atoms with Crippen molar-refractivity contribution in [1.82, 2.24) is 4.98 Å². The largest absolute Gasteiger partial charge is 0.497 e. The second-order valence-electron chi connectivity index (χ2n) is 4.96. The van der Waals surface area contributed by atoms with Crippen LogP contribution in [0.15, 0.2) is 59.0 Å². The summed E-state index contributed by atoms with van der Waals surface area (Å²) < 4.78 is 5.10. The molecule has 0 aliphatic rings. The number of methoxy groups -OCH3 is 1. The summed E-state index contributed by atoms with van der Waals surface area (Å²) in [5, 5.41) is 16.6. The highest BCUT2D eigenvalue weighted by molar-refractivity contribution is 7.12. The van der Waals surface area contributed by atoms with Gasteiger partial charge in [-0.1, -0.05) is 23.7 Å². The summed E-state index contributed by atoms with van der Waals surface area (Å²) in [4.78, 5) is 4.48. The molecule has 1 heterocycles. The Labute approximate surface area is 154 Å². The van der Waals surface area contributed by atoms with E-state index in [0.717, 1.165) is 22.7 Å². The molecule has 25 heavy (non-hydrogen) atoms. The highest BCUT2D eigenvalue weighted by Crippen LogP contribution is 2.24. The van der Waals surface area contributed by atoms with Crippen LogP contribution in [0.3, 0.4) is 0 Å². The smallest absolute Gasteiger partial charge is 0.196 e. The van der Waals surface area contributed by atoms with Gasteiger partial charge in [0.05, 0.1) is 18.5 Å². The number of halogens is 1. The van der Waals surface area contributed by atoms with E-state index < -0.39 is 0 Å². The van der Waals surface area contributed by atoms with Crippen LogP contribution in [0, 0.1) is 11.3 Å². The Morgan fingerprint density at radius 3 is 2.56 bits per heavy atom. The number of nitriles is 1. The summed E-state index contributed by atoms with van der Waals surface area (Å²) >= 11 is 7.26. The number of aromatic nitrogens is 1. The number of benzene rings is 2. The number of hydrogen-bond acceptors (Lipinski definition) is 6. The standard InChI is InChI=1S/C18H13ClN4OS/c1-24-15-8-6-14(7-9-15)22-23-16(10-20)18-21-17(11-25-18)12-2-4-13(19)5-3-12/h2-9,11,22H,1H3/b23-16-. The maximum Gasteiger partial charge on any atom is 0.196 e. The van der Waals surface area contributed by atoms with Gasteiger partial charge in [0.2, 0.25) is 0 Å². The Hall–Kier alpha value is -2.88. The molecule has 0 bridgehead atoms. The number of rotatable bonds is 5. The number of thiazole rings is 1. The van der Waals surface area contributed by atoms with E-state index in [1.165, 1.54) is 11.3 Å². The molecule has 3 rings (SSSR count). The minimum Gasteiger partial charge on any atom is -0.497 e. The van der Waals surface area contributed by atoms with Gasteiger partial charge in [-0.2, -0.15) is 10.4 Å². The molecule has 0 radical (unpaired) electrons. The first-order valence-electron chi connectivity index (χ1n) is 7.29. The first-order chi connectivity index (χ1) is 12.2. The highest BCUT2D eigenvalue weighted by Gasteiger charge is 2.10. The molecule has 0 spiro atoms. The summed E-state index contributed by atoms with van der Waals surface area (Å²) in [5.74, 6) is 0.752. The summed E-state index contributed by atoms with van der Waals surface area (Å²) in [5.41, 5.74) is 5.56. The van der Waals surface area contributed by atoms with Crippen molar-refractivity contribution < 1.29 is 4.74 Å². The van der Waals surface area contributed by atoms with Crippen molar-refractivity contribution in [2.75, 3.05) is 12.5 Å². The van der Waals surface area contributed by atoms with Crippen molar-refractivity contribution >= 4 is 34.3 Å². The Morgan fingerprint density at radius 1 is 1.20 bits per heavy atom. The van der Waals surface area contributed by atoms with Gasteiger partial charge in [-0.05, 0) is 36.4 Å². The molecule has 0 saturated carbocycles. The number of hydrazone groups is 1. The number of hydrogen-bond donors (Lipinski definition) is 1. The normalized spacial score (nSPS) is 11.0. The lowest BCUT2D eigenvalue weighted by molar-refractivity contribution is 0.415. The van der Waals surface area contributed by atoms with Crippen LogP contribution in [0.2, 0.25) is 5.02 Å². The minimum absolute atomic E-state index is 0.223. The Kier molecular flexibility index (Phi) is 5.29. The van der Waals surface area contributed by atoms with Crippen LogP contribution in [0.5, 0.6) is 5.75 Å². The molecule has 0 atom stereocenters. The van der Waals surface area contributed by atoms with Gasteiger partial charge in [0.15, 0.2) is 10.7 Å². The van der Waals surface area contributed by atoms with E-state index in [9.17, 15) is 5.26 Å². The maximum atomic E-state index is 9.36. The fraction of sp³-hybridized carbons (Fsp3) is 0.0556. The van der Waals surface area contributed by atoms with E-state index in [0.29, 0.717) is 10.0 Å². The SMILES string of the molecule is COc1ccc(N/N=C(/C#N)c2nc(-c3ccc(Cl)cc3)cs2)cc1. The van der Waals surface area contributed by atoms with Crippen molar-refractivity contribution in [1.29, 1.82) is 5.26 Å². The zero-order valence-electron chi connectivity index (χ0n) is 13.2. The topological polar surface area (TPSA) is 70.3 Å². The van der Waals surface area contributed by atoms with Gasteiger partial charge in [-0.25, -0.2) is 4.98 Å². The van der Waals surface area contributed by atoms with Gasteiger partial charge >= 0.3 is 0 Å². The number of ether oxygens (including phenoxy) is 1. The van der Waals surface area contributed by atoms with Crippen LogP contribution in [-0.4, -0.2) is 17.8 Å². The third-order valence-electron chi connectivity index (χ3n) is 3.34. The summed E-state index contributed by atoms with van der Waals surface area (Å²) in [6.45, 7) is 0. The van der Waals surface area contributed by atoms with Crippen LogP contribution in [0.4, 0.5) is 5.69 Å². The fourth-order valence-electron chi connectivity index (χ4n) is 2.04. The number of nitrogens with one attached hydrogen (secondary N) is 1. The maximum absolute atomic E-state index is 9.36. The Balaban J connectivity index is 1.78. The van der Waals surface area contributed by atoms with E-state index >= 15 is 0 Å². The zero-order valence-corrected chi connectivity index (χ0v) is 14.8. The predicted octanol–water partition coefficient (Wildman–Crippen LogP) is 4.81. The molecule has 5 nitrogen and oxygen atoms in total. The fourth-order valence-corrected chi connectivity index (χ4v) is 2.93. The average Bonchev–Trinajstić information content (AvgIpc) is 3.13. The van der Waals surface area contributed by atoms with E-state index in [1.807, 2.05) is 41.8 Å². The van der Waals surface area contributed by atoms with Crippen molar-refractivity contribution in [2.24, 2.45) is 5.10 Å². The highest BCUT2D eigenvalue weighted by atomic mass is 35.5. The molecule has 7 heteroatoms. The first kappa shape index (κ1) is 17.0. The average molecular weight is 369 g/mol. The molecular weight excluding hydrogens is 356 g/mol. The zero-order chi connectivity index (χ0) is 17.6. The van der Waals surface area contributed by atoms with Gasteiger partial charge < -0.3 is 4.74 Å². The molecule has 3 aromatic rings. The molecule has 0 aliphatic heterocycles.